The van der Waals surface area contributed by atoms with Crippen molar-refractivity contribution in [1.29, 1.82) is 0 Å². The number of aromatic amines is 1. The van der Waals surface area contributed by atoms with Crippen LogP contribution in [0.3, 0.4) is 0 Å². The van der Waals surface area contributed by atoms with Gasteiger partial charge in [0.05, 0.1) is 17.7 Å². The van der Waals surface area contributed by atoms with Crippen LogP contribution in [0, 0.1) is 6.92 Å². The summed E-state index contributed by atoms with van der Waals surface area (Å²) in [4.78, 5) is 12.5. The van der Waals surface area contributed by atoms with Gasteiger partial charge in [-0.05, 0) is 19.1 Å². The molecule has 1 fully saturated rings. The summed E-state index contributed by atoms with van der Waals surface area (Å²) in [6.07, 6.45) is 1.25. The molecule has 0 spiro atoms. The normalized spacial score (nSPS) is 25.1. The Hall–Kier alpha value is -2.53. The zero-order valence-electron chi connectivity index (χ0n) is 15.1. The van der Waals surface area contributed by atoms with Gasteiger partial charge >= 0.3 is 0 Å². The number of H-pyrrole nitrogens is 1. The maximum absolute atomic E-state index is 10.6. The van der Waals surface area contributed by atoms with E-state index in [1.807, 2.05) is 6.92 Å². The van der Waals surface area contributed by atoms with E-state index in [4.69, 9.17) is 5.84 Å². The summed E-state index contributed by atoms with van der Waals surface area (Å²) in [7, 11) is 0. The van der Waals surface area contributed by atoms with Gasteiger partial charge < -0.3 is 26.4 Å². The van der Waals surface area contributed by atoms with Crippen molar-refractivity contribution < 1.29 is 10.2 Å². The van der Waals surface area contributed by atoms with Gasteiger partial charge in [-0.1, -0.05) is 22.9 Å². The van der Waals surface area contributed by atoms with Crippen LogP contribution in [0.5, 0.6) is 0 Å². The molecule has 1 aromatic carbocycles. The molecule has 28 heavy (non-hydrogen) atoms. The first-order valence-corrected chi connectivity index (χ1v) is 9.81. The molecule has 6 N–H and O–H groups in total. The average Bonchev–Trinajstić information content (AvgIpc) is 3.24. The van der Waals surface area contributed by atoms with E-state index >= 15 is 0 Å². The van der Waals surface area contributed by atoms with E-state index in [9.17, 15) is 10.2 Å². The quantitative estimate of drug-likeness (QED) is 0.190. The Kier molecular flexibility index (Phi) is 5.27. The molecular formula is C18H21N7O2S. The minimum absolute atomic E-state index is 0.263. The number of aromatic nitrogens is 3. The summed E-state index contributed by atoms with van der Waals surface area (Å²) >= 11 is 1.64. The van der Waals surface area contributed by atoms with Crippen molar-refractivity contribution >= 4 is 28.6 Å². The van der Waals surface area contributed by atoms with Crippen LogP contribution in [0.1, 0.15) is 17.2 Å². The Labute approximate surface area is 165 Å². The summed E-state index contributed by atoms with van der Waals surface area (Å²) in [6, 6.07) is 7.49. The number of nitrogens with one attached hydrogen (secondary N) is 2. The molecule has 2 aromatic heterocycles. The van der Waals surface area contributed by atoms with Crippen molar-refractivity contribution in [2.45, 2.75) is 36.1 Å². The molecule has 0 saturated carbocycles. The first kappa shape index (κ1) is 18.8. The smallest absolute Gasteiger partial charge is 0.203 e. The topological polar surface area (TPSA) is 145 Å². The van der Waals surface area contributed by atoms with Crippen LogP contribution in [-0.4, -0.2) is 49.2 Å². The number of fused-ring (bicyclic) bond motifs is 1. The number of nitrogens with zero attached hydrogens (tertiary/aromatic N) is 4. The first-order valence-electron chi connectivity index (χ1n) is 8.83. The number of nitrogens with two attached hydrogens (primary N) is 1. The molecule has 4 atom stereocenters. The Balaban J connectivity index is 1.54. The lowest BCUT2D eigenvalue weighted by atomic mass is 10.0. The molecule has 0 radical (unpaired) electrons. The molecule has 9 nitrogen and oxygen atoms in total. The summed E-state index contributed by atoms with van der Waals surface area (Å²) in [5.41, 5.74) is 3.12. The number of aryl methyl sites for hydroxylation is 1. The largest absolute Gasteiger partial charge is 0.389 e. The molecule has 10 heteroatoms. The van der Waals surface area contributed by atoms with E-state index in [0.29, 0.717) is 22.6 Å². The predicted octanol–water partition coefficient (Wildman–Crippen LogP) is 1.75. The summed E-state index contributed by atoms with van der Waals surface area (Å²) in [6.45, 7) is 2.04. The van der Waals surface area contributed by atoms with Crippen molar-refractivity contribution in [3.63, 3.8) is 0 Å². The predicted molar refractivity (Wildman–Crippen MR) is 106 cm³/mol. The molecule has 4 rings (SSSR count). The molecule has 3 aromatic rings. The van der Waals surface area contributed by atoms with Gasteiger partial charge in [-0.2, -0.15) is 0 Å². The van der Waals surface area contributed by atoms with Crippen molar-refractivity contribution in [1.82, 2.24) is 20.3 Å². The minimum Gasteiger partial charge on any atom is -0.389 e. The Morgan fingerprint density at radius 2 is 1.96 bits per heavy atom. The van der Waals surface area contributed by atoms with Gasteiger partial charge in [-0.25, -0.2) is 9.97 Å². The third-order valence-electron chi connectivity index (χ3n) is 4.91. The standard InChI is InChI=1S/C18H21N7O2S/c1-9-2-4-10(5-3-9)28-7-12-16(26)17(27)14(23-12)11-6-20-15-13(11)21-8-22-18(15)24-25-19/h2-6,8,12,14,16-17,20,23,26-27H,7H2,1H3,(H2,19,21,22,24)/t12-,14?,16?,17-/m1/s1. The van der Waals surface area contributed by atoms with Gasteiger partial charge in [0.25, 0.3) is 0 Å². The SMILES string of the molecule is Cc1ccc(SC[C@H]2NC(c3c[nH]c4c(N=NN)ncnc34)[C@@H](O)C2O)cc1. The van der Waals surface area contributed by atoms with Gasteiger partial charge in [-0.15, -0.1) is 16.9 Å². The maximum Gasteiger partial charge on any atom is 0.203 e. The van der Waals surface area contributed by atoms with Gasteiger partial charge in [0.1, 0.15) is 17.9 Å². The van der Waals surface area contributed by atoms with E-state index in [1.54, 1.807) is 18.0 Å². The molecule has 0 amide bonds. The van der Waals surface area contributed by atoms with Gasteiger partial charge in [0.15, 0.2) is 0 Å². The van der Waals surface area contributed by atoms with E-state index in [2.05, 4.69) is 54.9 Å². The first-order chi connectivity index (χ1) is 13.6. The number of rotatable bonds is 5. The van der Waals surface area contributed by atoms with Crippen LogP contribution in [0.25, 0.3) is 11.0 Å². The fourth-order valence-corrected chi connectivity index (χ4v) is 4.41. The van der Waals surface area contributed by atoms with Crippen molar-refractivity contribution in [3.8, 4) is 0 Å². The van der Waals surface area contributed by atoms with Gasteiger partial charge in [0, 0.05) is 28.5 Å². The Morgan fingerprint density at radius 1 is 1.18 bits per heavy atom. The highest BCUT2D eigenvalue weighted by atomic mass is 32.2. The summed E-state index contributed by atoms with van der Waals surface area (Å²) in [5.74, 6) is 6.07. The van der Waals surface area contributed by atoms with Gasteiger partial charge in [-0.3, -0.25) is 0 Å². The lowest BCUT2D eigenvalue weighted by Crippen LogP contribution is -2.35. The number of aliphatic hydroxyl groups excluding tert-OH is 2. The number of aliphatic hydroxyl groups is 2. The summed E-state index contributed by atoms with van der Waals surface area (Å²) < 4.78 is 0. The highest BCUT2D eigenvalue weighted by Gasteiger charge is 2.42. The highest BCUT2D eigenvalue weighted by Crippen LogP contribution is 2.35. The molecular weight excluding hydrogens is 378 g/mol. The Morgan fingerprint density at radius 3 is 2.71 bits per heavy atom. The summed E-state index contributed by atoms with van der Waals surface area (Å²) in [5, 5.41) is 31.5. The fraction of sp³-hybridized carbons (Fsp3) is 0.333. The lowest BCUT2D eigenvalue weighted by Gasteiger charge is -2.15. The van der Waals surface area contributed by atoms with Crippen molar-refractivity contribution in [2.24, 2.45) is 16.2 Å². The zero-order valence-corrected chi connectivity index (χ0v) is 16.0. The van der Waals surface area contributed by atoms with Crippen LogP contribution >= 0.6 is 11.8 Å². The maximum atomic E-state index is 10.6. The minimum atomic E-state index is -0.961. The van der Waals surface area contributed by atoms with Crippen LogP contribution in [0.4, 0.5) is 5.82 Å². The monoisotopic (exact) mass is 399 g/mol. The molecule has 3 heterocycles. The van der Waals surface area contributed by atoms with E-state index in [-0.39, 0.29) is 6.04 Å². The third kappa shape index (κ3) is 3.47. The molecule has 0 aliphatic carbocycles. The van der Waals surface area contributed by atoms with Crippen LogP contribution < -0.4 is 11.2 Å². The Bertz CT molecular complexity index is 991. The van der Waals surface area contributed by atoms with Crippen LogP contribution in [0.15, 0.2) is 52.0 Å². The number of thioether (sulfide) groups is 1. The highest BCUT2D eigenvalue weighted by molar-refractivity contribution is 7.99. The second kappa shape index (κ2) is 7.84. The van der Waals surface area contributed by atoms with E-state index in [1.165, 1.54) is 11.9 Å². The number of hydrogen-bond acceptors (Lipinski definition) is 8. The molecule has 1 aliphatic rings. The second-order valence-electron chi connectivity index (χ2n) is 6.74. The van der Waals surface area contributed by atoms with Crippen LogP contribution in [0.2, 0.25) is 0 Å². The lowest BCUT2D eigenvalue weighted by molar-refractivity contribution is 0.0308. The third-order valence-corrected chi connectivity index (χ3v) is 6.04. The zero-order chi connectivity index (χ0) is 19.7. The average molecular weight is 399 g/mol. The fourth-order valence-electron chi connectivity index (χ4n) is 3.42. The van der Waals surface area contributed by atoms with E-state index in [0.717, 1.165) is 10.5 Å². The molecule has 1 aliphatic heterocycles. The number of benzene rings is 1. The number of hydrogen-bond donors (Lipinski definition) is 5. The molecule has 1 saturated heterocycles. The molecule has 146 valence electrons. The van der Waals surface area contributed by atoms with Crippen LogP contribution in [-0.2, 0) is 0 Å². The molecule has 2 unspecified atom stereocenters. The van der Waals surface area contributed by atoms with Crippen molar-refractivity contribution in [3.05, 3.63) is 47.9 Å². The molecule has 0 bridgehead atoms. The van der Waals surface area contributed by atoms with Gasteiger partial charge in [0.2, 0.25) is 5.82 Å². The van der Waals surface area contributed by atoms with E-state index < -0.39 is 18.2 Å². The second-order valence-corrected chi connectivity index (χ2v) is 7.83. The van der Waals surface area contributed by atoms with Crippen molar-refractivity contribution in [2.75, 3.05) is 5.75 Å².